The summed E-state index contributed by atoms with van der Waals surface area (Å²) in [7, 11) is 0. The van der Waals surface area contributed by atoms with Crippen LogP contribution in [-0.4, -0.2) is 24.3 Å². The van der Waals surface area contributed by atoms with Gasteiger partial charge in [0.2, 0.25) is 0 Å². The first kappa shape index (κ1) is 15.2. The molecule has 2 aromatic rings. The van der Waals surface area contributed by atoms with Crippen LogP contribution < -0.4 is 10.1 Å². The Morgan fingerprint density at radius 1 is 1.14 bits per heavy atom. The zero-order valence-electron chi connectivity index (χ0n) is 11.6. The monoisotopic (exact) mass is 304 g/mol. The number of nitro benzene ring substituents is 1. The van der Waals surface area contributed by atoms with Gasteiger partial charge in [-0.3, -0.25) is 10.1 Å². The minimum Gasteiger partial charge on any atom is -0.492 e. The maximum absolute atomic E-state index is 10.5. The van der Waals surface area contributed by atoms with Crippen LogP contribution in [0.15, 0.2) is 53.4 Å². The average molecular weight is 304 g/mol. The van der Waals surface area contributed by atoms with Gasteiger partial charge in [0.25, 0.3) is 5.69 Å². The SMILES string of the molecule is CSc1ccc(NCCOc2ccc([N+](=O)[O-])cc2)cc1. The van der Waals surface area contributed by atoms with Crippen LogP contribution in [-0.2, 0) is 0 Å². The summed E-state index contributed by atoms with van der Waals surface area (Å²) in [6.07, 6.45) is 2.04. The molecule has 2 rings (SSSR count). The second kappa shape index (κ2) is 7.54. The van der Waals surface area contributed by atoms with Gasteiger partial charge in [0, 0.05) is 29.3 Å². The molecule has 0 saturated carbocycles. The Labute approximate surface area is 127 Å². The standard InChI is InChI=1S/C15H16N2O3S/c1-21-15-8-2-12(3-9-15)16-10-11-20-14-6-4-13(5-7-14)17(18)19/h2-9,16H,10-11H2,1H3. The summed E-state index contributed by atoms with van der Waals surface area (Å²) < 4.78 is 5.52. The lowest BCUT2D eigenvalue weighted by molar-refractivity contribution is -0.384. The Hall–Kier alpha value is -2.21. The molecule has 0 heterocycles. The van der Waals surface area contributed by atoms with Gasteiger partial charge >= 0.3 is 0 Å². The molecule has 2 aromatic carbocycles. The highest BCUT2D eigenvalue weighted by molar-refractivity contribution is 7.98. The van der Waals surface area contributed by atoms with Gasteiger partial charge in [-0.25, -0.2) is 0 Å². The Kier molecular flexibility index (Phi) is 5.45. The highest BCUT2D eigenvalue weighted by Gasteiger charge is 2.04. The van der Waals surface area contributed by atoms with E-state index in [9.17, 15) is 10.1 Å². The highest BCUT2D eigenvalue weighted by atomic mass is 32.2. The van der Waals surface area contributed by atoms with Gasteiger partial charge in [0.05, 0.1) is 4.92 Å². The first-order valence-corrected chi connectivity index (χ1v) is 7.66. The Morgan fingerprint density at radius 2 is 1.81 bits per heavy atom. The summed E-state index contributed by atoms with van der Waals surface area (Å²) in [5.74, 6) is 0.625. The van der Waals surface area contributed by atoms with Crippen LogP contribution in [0.5, 0.6) is 5.75 Å². The van der Waals surface area contributed by atoms with E-state index in [0.29, 0.717) is 18.9 Å². The van der Waals surface area contributed by atoms with Crippen LogP contribution in [0.2, 0.25) is 0 Å². The van der Waals surface area contributed by atoms with Gasteiger partial charge < -0.3 is 10.1 Å². The topological polar surface area (TPSA) is 64.4 Å². The molecule has 0 saturated heterocycles. The molecule has 0 unspecified atom stereocenters. The van der Waals surface area contributed by atoms with E-state index < -0.39 is 4.92 Å². The third kappa shape index (κ3) is 4.68. The van der Waals surface area contributed by atoms with Crippen molar-refractivity contribution in [2.24, 2.45) is 0 Å². The van der Waals surface area contributed by atoms with Crippen molar-refractivity contribution in [3.63, 3.8) is 0 Å². The van der Waals surface area contributed by atoms with Gasteiger partial charge in [0.15, 0.2) is 0 Å². The Morgan fingerprint density at radius 3 is 2.38 bits per heavy atom. The second-order valence-electron chi connectivity index (χ2n) is 4.25. The third-order valence-electron chi connectivity index (χ3n) is 2.84. The van der Waals surface area contributed by atoms with Crippen LogP contribution >= 0.6 is 11.8 Å². The number of anilines is 1. The van der Waals surface area contributed by atoms with Gasteiger partial charge in [-0.05, 0) is 42.7 Å². The van der Waals surface area contributed by atoms with Crippen LogP contribution in [0.3, 0.4) is 0 Å². The number of nitrogens with zero attached hydrogens (tertiary/aromatic N) is 1. The number of hydrogen-bond acceptors (Lipinski definition) is 5. The molecule has 0 aromatic heterocycles. The average Bonchev–Trinajstić information content (AvgIpc) is 2.52. The van der Waals surface area contributed by atoms with Crippen molar-refractivity contribution in [2.75, 3.05) is 24.7 Å². The first-order valence-electron chi connectivity index (χ1n) is 6.44. The molecule has 6 heteroatoms. The van der Waals surface area contributed by atoms with Crippen LogP contribution in [0.1, 0.15) is 0 Å². The Bertz CT molecular complexity index is 585. The van der Waals surface area contributed by atoms with E-state index in [4.69, 9.17) is 4.74 Å². The van der Waals surface area contributed by atoms with E-state index in [0.717, 1.165) is 5.69 Å². The smallest absolute Gasteiger partial charge is 0.269 e. The van der Waals surface area contributed by atoms with Crippen molar-refractivity contribution >= 4 is 23.1 Å². The zero-order valence-corrected chi connectivity index (χ0v) is 12.4. The molecular formula is C15H16N2O3S. The number of benzene rings is 2. The summed E-state index contributed by atoms with van der Waals surface area (Å²) >= 11 is 1.71. The Balaban J connectivity index is 1.74. The molecular weight excluding hydrogens is 288 g/mol. The molecule has 0 aliphatic carbocycles. The lowest BCUT2D eigenvalue weighted by Gasteiger charge is -2.09. The van der Waals surface area contributed by atoms with E-state index in [1.807, 2.05) is 18.4 Å². The number of ether oxygens (including phenoxy) is 1. The fourth-order valence-electron chi connectivity index (χ4n) is 1.74. The fourth-order valence-corrected chi connectivity index (χ4v) is 2.15. The summed E-state index contributed by atoms with van der Waals surface area (Å²) in [6, 6.07) is 14.2. The van der Waals surface area contributed by atoms with Crippen molar-refractivity contribution in [1.29, 1.82) is 0 Å². The molecule has 0 amide bonds. The van der Waals surface area contributed by atoms with Crippen molar-refractivity contribution in [3.05, 3.63) is 58.6 Å². The summed E-state index contributed by atoms with van der Waals surface area (Å²) in [6.45, 7) is 1.15. The molecule has 21 heavy (non-hydrogen) atoms. The van der Waals surface area contributed by atoms with E-state index >= 15 is 0 Å². The van der Waals surface area contributed by atoms with Crippen molar-refractivity contribution in [3.8, 4) is 5.75 Å². The minimum absolute atomic E-state index is 0.0642. The highest BCUT2D eigenvalue weighted by Crippen LogP contribution is 2.18. The molecule has 0 spiro atoms. The molecule has 110 valence electrons. The van der Waals surface area contributed by atoms with E-state index in [1.165, 1.54) is 17.0 Å². The number of nitrogens with one attached hydrogen (secondary N) is 1. The number of rotatable bonds is 7. The normalized spacial score (nSPS) is 10.1. The van der Waals surface area contributed by atoms with Crippen molar-refractivity contribution < 1.29 is 9.66 Å². The van der Waals surface area contributed by atoms with Crippen molar-refractivity contribution in [2.45, 2.75) is 4.90 Å². The molecule has 0 aliphatic heterocycles. The summed E-state index contributed by atoms with van der Waals surface area (Å²) in [4.78, 5) is 11.3. The molecule has 1 N–H and O–H groups in total. The summed E-state index contributed by atoms with van der Waals surface area (Å²) in [5.41, 5.74) is 1.11. The minimum atomic E-state index is -0.427. The first-order chi connectivity index (χ1) is 10.2. The van der Waals surface area contributed by atoms with Gasteiger partial charge in [-0.2, -0.15) is 0 Å². The van der Waals surface area contributed by atoms with Crippen LogP contribution in [0, 0.1) is 10.1 Å². The van der Waals surface area contributed by atoms with Crippen molar-refractivity contribution in [1.82, 2.24) is 0 Å². The maximum Gasteiger partial charge on any atom is 0.269 e. The van der Waals surface area contributed by atoms with E-state index in [-0.39, 0.29) is 5.69 Å². The van der Waals surface area contributed by atoms with Gasteiger partial charge in [0.1, 0.15) is 12.4 Å². The molecule has 0 aliphatic rings. The molecule has 0 atom stereocenters. The third-order valence-corrected chi connectivity index (χ3v) is 3.58. The lowest BCUT2D eigenvalue weighted by atomic mass is 10.3. The van der Waals surface area contributed by atoms with E-state index in [2.05, 4.69) is 17.4 Å². The predicted molar refractivity (Wildman–Crippen MR) is 85.3 cm³/mol. The van der Waals surface area contributed by atoms with Gasteiger partial charge in [-0.1, -0.05) is 0 Å². The maximum atomic E-state index is 10.5. The number of non-ortho nitro benzene ring substituents is 1. The molecule has 0 bridgehead atoms. The zero-order chi connectivity index (χ0) is 15.1. The number of hydrogen-bond donors (Lipinski definition) is 1. The quantitative estimate of drug-likeness (QED) is 0.365. The molecule has 5 nitrogen and oxygen atoms in total. The molecule has 0 radical (unpaired) electrons. The molecule has 0 fully saturated rings. The van der Waals surface area contributed by atoms with E-state index in [1.54, 1.807) is 23.9 Å². The van der Waals surface area contributed by atoms with Gasteiger partial charge in [-0.15, -0.1) is 11.8 Å². The number of nitro groups is 1. The van der Waals surface area contributed by atoms with Crippen LogP contribution in [0.25, 0.3) is 0 Å². The second-order valence-corrected chi connectivity index (χ2v) is 5.13. The fraction of sp³-hybridized carbons (Fsp3) is 0.200. The van der Waals surface area contributed by atoms with Crippen LogP contribution in [0.4, 0.5) is 11.4 Å². The summed E-state index contributed by atoms with van der Waals surface area (Å²) in [5, 5.41) is 13.8. The largest absolute Gasteiger partial charge is 0.492 e. The predicted octanol–water partition coefficient (Wildman–Crippen LogP) is 3.81. The number of thioether (sulfide) groups is 1. The lowest BCUT2D eigenvalue weighted by Crippen LogP contribution is -2.11.